The molecule has 0 saturated heterocycles. The summed E-state index contributed by atoms with van der Waals surface area (Å²) in [4.78, 5) is 5.56. The molecule has 1 aromatic carbocycles. The number of benzene rings is 1. The summed E-state index contributed by atoms with van der Waals surface area (Å²) in [6.07, 6.45) is -10.2. The van der Waals surface area contributed by atoms with Crippen molar-refractivity contribution in [1.29, 1.82) is 5.26 Å². The Kier molecular flexibility index (Phi) is 4.10. The molecule has 1 heterocycles. The molecule has 0 aliphatic rings. The molecule has 2 N–H and O–H groups in total. The number of H-pyrrole nitrogens is 1. The number of imidazole rings is 1. The van der Waals surface area contributed by atoms with Crippen LogP contribution in [0.1, 0.15) is 23.4 Å². The van der Waals surface area contributed by atoms with E-state index in [1.54, 1.807) is 0 Å². The zero-order chi connectivity index (χ0) is 18.3. The number of aromatic nitrogens is 2. The summed E-state index contributed by atoms with van der Waals surface area (Å²) in [5.74, 6) is -0.979. The number of fused-ring (bicyclic) bond motifs is 1. The number of nitriles is 1. The van der Waals surface area contributed by atoms with E-state index in [0.29, 0.717) is 12.1 Å². The SMILES string of the molecule is C=CCC(O)(c1nc2cc(C#N)c(C(F)(F)F)cc2[nH]1)C(F)(F)F. The van der Waals surface area contributed by atoms with Crippen molar-refractivity contribution in [3.63, 3.8) is 0 Å². The van der Waals surface area contributed by atoms with E-state index in [4.69, 9.17) is 5.26 Å². The third kappa shape index (κ3) is 2.82. The summed E-state index contributed by atoms with van der Waals surface area (Å²) in [7, 11) is 0. The number of halogens is 6. The largest absolute Gasteiger partial charge is 0.424 e. The average molecular weight is 349 g/mol. The van der Waals surface area contributed by atoms with Gasteiger partial charge < -0.3 is 10.1 Å². The molecule has 2 aromatic rings. The van der Waals surface area contributed by atoms with Crippen LogP contribution < -0.4 is 0 Å². The first-order valence-corrected chi connectivity index (χ1v) is 6.35. The predicted molar refractivity (Wildman–Crippen MR) is 70.6 cm³/mol. The van der Waals surface area contributed by atoms with E-state index < -0.39 is 41.3 Å². The fraction of sp³-hybridized carbons (Fsp3) is 0.286. The van der Waals surface area contributed by atoms with Gasteiger partial charge in [-0.3, -0.25) is 0 Å². The fourth-order valence-corrected chi connectivity index (χ4v) is 2.14. The molecule has 1 aromatic heterocycles. The Hall–Kier alpha value is -2.54. The number of rotatable bonds is 3. The number of aliphatic hydroxyl groups is 1. The van der Waals surface area contributed by atoms with Gasteiger partial charge in [0.05, 0.1) is 28.2 Å². The Balaban J connectivity index is 2.72. The molecule has 10 heteroatoms. The summed E-state index contributed by atoms with van der Waals surface area (Å²) in [6, 6.07) is 2.52. The van der Waals surface area contributed by atoms with Crippen molar-refractivity contribution in [2.45, 2.75) is 24.4 Å². The lowest BCUT2D eigenvalue weighted by Crippen LogP contribution is -2.42. The first kappa shape index (κ1) is 17.8. The van der Waals surface area contributed by atoms with Crippen molar-refractivity contribution >= 4 is 11.0 Å². The van der Waals surface area contributed by atoms with Gasteiger partial charge in [0.15, 0.2) is 0 Å². The summed E-state index contributed by atoms with van der Waals surface area (Å²) in [6.45, 7) is 3.12. The molecule has 0 radical (unpaired) electrons. The third-order valence-corrected chi connectivity index (χ3v) is 3.35. The number of nitrogens with one attached hydrogen (secondary N) is 1. The Bertz CT molecular complexity index is 830. The monoisotopic (exact) mass is 349 g/mol. The van der Waals surface area contributed by atoms with E-state index in [0.717, 1.165) is 6.08 Å². The molecule has 0 bridgehead atoms. The van der Waals surface area contributed by atoms with Crippen LogP contribution in [0.15, 0.2) is 24.8 Å². The molecule has 0 aliphatic carbocycles. The minimum atomic E-state index is -5.14. The van der Waals surface area contributed by atoms with Gasteiger partial charge in [0, 0.05) is 6.42 Å². The Morgan fingerprint density at radius 3 is 2.33 bits per heavy atom. The molecule has 0 spiro atoms. The molecule has 0 amide bonds. The molecule has 0 fully saturated rings. The van der Waals surface area contributed by atoms with Gasteiger partial charge in [0.1, 0.15) is 5.82 Å². The van der Waals surface area contributed by atoms with Gasteiger partial charge in [-0.1, -0.05) is 6.08 Å². The van der Waals surface area contributed by atoms with Crippen molar-refractivity contribution in [3.05, 3.63) is 41.7 Å². The lowest BCUT2D eigenvalue weighted by molar-refractivity contribution is -0.268. The standard InChI is InChI=1S/C14H9F6N3O/c1-2-3-12(24,14(18,19)20)11-22-9-4-7(6-21)8(13(15,16)17)5-10(9)23-11/h2,4-5,24H,1,3H2,(H,22,23). The fourth-order valence-electron chi connectivity index (χ4n) is 2.14. The summed E-state index contributed by atoms with van der Waals surface area (Å²) < 4.78 is 78.0. The molecule has 0 aliphatic heterocycles. The highest BCUT2D eigenvalue weighted by Gasteiger charge is 2.56. The number of hydrogen-bond donors (Lipinski definition) is 2. The Morgan fingerprint density at radius 1 is 1.25 bits per heavy atom. The van der Waals surface area contributed by atoms with Crippen molar-refractivity contribution in [3.8, 4) is 6.07 Å². The van der Waals surface area contributed by atoms with Crippen LogP contribution in [0.25, 0.3) is 11.0 Å². The van der Waals surface area contributed by atoms with Gasteiger partial charge in [-0.15, -0.1) is 6.58 Å². The zero-order valence-electron chi connectivity index (χ0n) is 11.8. The summed E-state index contributed by atoms with van der Waals surface area (Å²) in [5.41, 5.74) is -6.22. The third-order valence-electron chi connectivity index (χ3n) is 3.35. The van der Waals surface area contributed by atoms with Gasteiger partial charge in [0.2, 0.25) is 5.60 Å². The second-order valence-electron chi connectivity index (χ2n) is 4.96. The maximum absolute atomic E-state index is 13.1. The number of hydrogen-bond acceptors (Lipinski definition) is 3. The molecular weight excluding hydrogens is 340 g/mol. The van der Waals surface area contributed by atoms with E-state index in [1.807, 2.05) is 0 Å². The smallest absolute Gasteiger partial charge is 0.374 e. The average Bonchev–Trinajstić information content (AvgIpc) is 2.87. The second-order valence-corrected chi connectivity index (χ2v) is 4.96. The highest BCUT2D eigenvalue weighted by atomic mass is 19.4. The van der Waals surface area contributed by atoms with Crippen LogP contribution in [0.3, 0.4) is 0 Å². The molecule has 1 atom stereocenters. The molecule has 128 valence electrons. The van der Waals surface area contributed by atoms with Crippen LogP contribution in [-0.2, 0) is 11.8 Å². The molecule has 1 unspecified atom stereocenters. The van der Waals surface area contributed by atoms with Crippen LogP contribution >= 0.6 is 0 Å². The molecule has 24 heavy (non-hydrogen) atoms. The van der Waals surface area contributed by atoms with Crippen LogP contribution in [0, 0.1) is 11.3 Å². The minimum absolute atomic E-state index is 0.304. The topological polar surface area (TPSA) is 72.7 Å². The first-order chi connectivity index (χ1) is 10.9. The summed E-state index contributed by atoms with van der Waals surface area (Å²) in [5, 5.41) is 18.7. The van der Waals surface area contributed by atoms with E-state index >= 15 is 0 Å². The quantitative estimate of drug-likeness (QED) is 0.654. The normalized spacial score (nSPS) is 15.1. The van der Waals surface area contributed by atoms with Gasteiger partial charge >= 0.3 is 12.4 Å². The Labute approximate surface area is 131 Å². The lowest BCUT2D eigenvalue weighted by Gasteiger charge is -2.27. The minimum Gasteiger partial charge on any atom is -0.374 e. The van der Waals surface area contributed by atoms with E-state index in [1.165, 1.54) is 6.07 Å². The van der Waals surface area contributed by atoms with E-state index in [-0.39, 0.29) is 11.0 Å². The maximum Gasteiger partial charge on any atom is 0.424 e. The van der Waals surface area contributed by atoms with Gasteiger partial charge in [-0.05, 0) is 12.1 Å². The van der Waals surface area contributed by atoms with Crippen molar-refractivity contribution in [2.75, 3.05) is 0 Å². The van der Waals surface area contributed by atoms with Crippen molar-refractivity contribution in [1.82, 2.24) is 9.97 Å². The van der Waals surface area contributed by atoms with Gasteiger partial charge in [-0.25, -0.2) is 4.98 Å². The van der Waals surface area contributed by atoms with Crippen molar-refractivity contribution in [2.24, 2.45) is 0 Å². The van der Waals surface area contributed by atoms with Gasteiger partial charge in [-0.2, -0.15) is 31.6 Å². The van der Waals surface area contributed by atoms with Crippen molar-refractivity contribution < 1.29 is 31.4 Å². The first-order valence-electron chi connectivity index (χ1n) is 6.35. The molecule has 0 saturated carbocycles. The van der Waals surface area contributed by atoms with Crippen LogP contribution in [0.4, 0.5) is 26.3 Å². The zero-order valence-corrected chi connectivity index (χ0v) is 11.8. The number of aromatic amines is 1. The second kappa shape index (κ2) is 5.52. The summed E-state index contributed by atoms with van der Waals surface area (Å²) >= 11 is 0. The van der Waals surface area contributed by atoms with Crippen LogP contribution in [0.2, 0.25) is 0 Å². The Morgan fingerprint density at radius 2 is 1.88 bits per heavy atom. The maximum atomic E-state index is 13.1. The molecule has 2 rings (SSSR count). The lowest BCUT2D eigenvalue weighted by atomic mass is 9.98. The number of nitrogens with zero attached hydrogens (tertiary/aromatic N) is 2. The highest BCUT2D eigenvalue weighted by Crippen LogP contribution is 2.42. The van der Waals surface area contributed by atoms with E-state index in [9.17, 15) is 31.4 Å². The highest BCUT2D eigenvalue weighted by molar-refractivity contribution is 5.78. The predicted octanol–water partition coefficient (Wildman–Crippen LogP) is 3.78. The van der Waals surface area contributed by atoms with Gasteiger partial charge in [0.25, 0.3) is 0 Å². The number of alkyl halides is 6. The van der Waals surface area contributed by atoms with E-state index in [2.05, 4.69) is 16.5 Å². The molecular formula is C14H9F6N3O. The van der Waals surface area contributed by atoms with Crippen LogP contribution in [0.5, 0.6) is 0 Å². The molecule has 4 nitrogen and oxygen atoms in total. The van der Waals surface area contributed by atoms with Crippen LogP contribution in [-0.4, -0.2) is 21.3 Å².